The summed E-state index contributed by atoms with van der Waals surface area (Å²) < 4.78 is 0. The van der Waals surface area contributed by atoms with Crippen LogP contribution in [0.4, 0.5) is 17.1 Å². The van der Waals surface area contributed by atoms with Crippen LogP contribution in [0.2, 0.25) is 0 Å². The number of nitrogens with zero attached hydrogens (tertiary/aromatic N) is 2. The summed E-state index contributed by atoms with van der Waals surface area (Å²) in [6, 6.07) is 3.75. The third-order valence-electron chi connectivity index (χ3n) is 4.83. The van der Waals surface area contributed by atoms with E-state index in [0.29, 0.717) is 18.2 Å². The van der Waals surface area contributed by atoms with Crippen LogP contribution in [0.5, 0.6) is 0 Å². The fourth-order valence-corrected chi connectivity index (χ4v) is 3.80. The molecule has 1 aromatic rings. The smallest absolute Gasteiger partial charge is 0.299 e. The van der Waals surface area contributed by atoms with E-state index in [9.17, 15) is 20.2 Å². The average Bonchev–Trinajstić information content (AvgIpc) is 3.07. The molecule has 0 heterocycles. The predicted molar refractivity (Wildman–Crippen MR) is 77.2 cm³/mol. The highest BCUT2D eigenvalue weighted by Crippen LogP contribution is 2.48. The Balaban J connectivity index is 1.72. The Morgan fingerprint density at radius 3 is 2.52 bits per heavy atom. The molecule has 2 aliphatic rings. The largest absolute Gasteiger partial charge is 0.379 e. The fraction of sp³-hybridized carbons (Fsp3) is 0.571. The van der Waals surface area contributed by atoms with Crippen LogP contribution in [0, 0.1) is 38.0 Å². The number of nitrogens with one attached hydrogen (secondary N) is 1. The Hall–Kier alpha value is -2.18. The van der Waals surface area contributed by atoms with Gasteiger partial charge in [-0.15, -0.1) is 0 Å². The van der Waals surface area contributed by atoms with Gasteiger partial charge in [0.1, 0.15) is 5.69 Å². The van der Waals surface area contributed by atoms with E-state index in [4.69, 9.17) is 0 Å². The maximum absolute atomic E-state index is 11.1. The second-order valence-corrected chi connectivity index (χ2v) is 6.03. The van der Waals surface area contributed by atoms with Crippen molar-refractivity contribution in [2.75, 3.05) is 11.9 Å². The van der Waals surface area contributed by atoms with Crippen molar-refractivity contribution in [2.24, 2.45) is 17.8 Å². The summed E-state index contributed by atoms with van der Waals surface area (Å²) in [5.41, 5.74) is -0.118. The number of non-ortho nitro benzene ring substituents is 1. The van der Waals surface area contributed by atoms with Gasteiger partial charge in [0.05, 0.1) is 15.9 Å². The topological polar surface area (TPSA) is 98.3 Å². The van der Waals surface area contributed by atoms with Crippen molar-refractivity contribution >= 4 is 17.1 Å². The van der Waals surface area contributed by atoms with Crippen molar-refractivity contribution in [1.82, 2.24) is 0 Å². The van der Waals surface area contributed by atoms with Gasteiger partial charge in [-0.1, -0.05) is 6.42 Å². The van der Waals surface area contributed by atoms with Gasteiger partial charge < -0.3 is 5.32 Å². The molecule has 21 heavy (non-hydrogen) atoms. The minimum atomic E-state index is -0.618. The second-order valence-electron chi connectivity index (χ2n) is 6.03. The number of hydrogen-bond acceptors (Lipinski definition) is 5. The van der Waals surface area contributed by atoms with Gasteiger partial charge in [0.25, 0.3) is 11.4 Å². The molecule has 0 aliphatic heterocycles. The highest BCUT2D eigenvalue weighted by atomic mass is 16.6. The molecule has 2 fully saturated rings. The van der Waals surface area contributed by atoms with E-state index >= 15 is 0 Å². The van der Waals surface area contributed by atoms with E-state index in [0.717, 1.165) is 17.9 Å². The Morgan fingerprint density at radius 1 is 1.14 bits per heavy atom. The van der Waals surface area contributed by atoms with Crippen molar-refractivity contribution in [3.8, 4) is 0 Å². The molecule has 2 saturated carbocycles. The first-order valence-corrected chi connectivity index (χ1v) is 7.21. The number of hydrogen-bond donors (Lipinski definition) is 1. The summed E-state index contributed by atoms with van der Waals surface area (Å²) in [6.45, 7) is 0.708. The van der Waals surface area contributed by atoms with Crippen LogP contribution in [-0.4, -0.2) is 16.4 Å². The third-order valence-corrected chi connectivity index (χ3v) is 4.83. The summed E-state index contributed by atoms with van der Waals surface area (Å²) in [5.74, 6) is 2.13. The van der Waals surface area contributed by atoms with E-state index in [1.54, 1.807) is 0 Å². The Kier molecular flexibility index (Phi) is 3.48. The number of benzene rings is 1. The van der Waals surface area contributed by atoms with Gasteiger partial charge in [0.15, 0.2) is 0 Å². The van der Waals surface area contributed by atoms with Crippen LogP contribution in [-0.2, 0) is 0 Å². The molecule has 112 valence electrons. The average molecular weight is 291 g/mol. The van der Waals surface area contributed by atoms with E-state index in [1.165, 1.54) is 37.8 Å². The molecular formula is C14H17N3O4. The quantitative estimate of drug-likeness (QED) is 0.662. The first-order valence-electron chi connectivity index (χ1n) is 7.21. The van der Waals surface area contributed by atoms with Crippen molar-refractivity contribution in [3.05, 3.63) is 38.4 Å². The lowest BCUT2D eigenvalue weighted by Crippen LogP contribution is -2.20. The summed E-state index contributed by atoms with van der Waals surface area (Å²) in [4.78, 5) is 20.6. The van der Waals surface area contributed by atoms with Gasteiger partial charge in [0.2, 0.25) is 0 Å². The molecule has 0 spiro atoms. The molecule has 0 saturated heterocycles. The number of nitro benzene ring substituents is 2. The van der Waals surface area contributed by atoms with Crippen LogP contribution in [0.1, 0.15) is 25.7 Å². The molecule has 1 aromatic carbocycles. The van der Waals surface area contributed by atoms with Gasteiger partial charge in [0, 0.05) is 12.6 Å². The summed E-state index contributed by atoms with van der Waals surface area (Å²) in [5, 5.41) is 24.9. The normalized spacial score (nSPS) is 26.8. The van der Waals surface area contributed by atoms with Crippen LogP contribution < -0.4 is 5.32 Å². The van der Waals surface area contributed by atoms with Crippen molar-refractivity contribution < 1.29 is 9.85 Å². The summed E-state index contributed by atoms with van der Waals surface area (Å²) in [6.07, 6.45) is 5.06. The van der Waals surface area contributed by atoms with Gasteiger partial charge >= 0.3 is 0 Å². The zero-order valence-corrected chi connectivity index (χ0v) is 11.5. The Morgan fingerprint density at radius 2 is 1.95 bits per heavy atom. The summed E-state index contributed by atoms with van der Waals surface area (Å²) >= 11 is 0. The van der Waals surface area contributed by atoms with Crippen LogP contribution in [0.15, 0.2) is 18.2 Å². The first kappa shape index (κ1) is 13.8. The Bertz CT molecular complexity index is 590. The molecule has 2 aliphatic carbocycles. The minimum absolute atomic E-state index is 0.229. The SMILES string of the molecule is O=[N+]([O-])c1ccc(NCC2CC3CCC2C3)c([N+](=O)[O-])c1. The lowest BCUT2D eigenvalue weighted by Gasteiger charge is -2.22. The lowest BCUT2D eigenvalue weighted by molar-refractivity contribution is -0.393. The first-order chi connectivity index (χ1) is 10.0. The van der Waals surface area contributed by atoms with Gasteiger partial charge in [-0.3, -0.25) is 20.2 Å². The van der Waals surface area contributed by atoms with E-state index in [-0.39, 0.29) is 11.4 Å². The molecule has 2 bridgehead atoms. The third kappa shape index (κ3) is 2.68. The number of rotatable bonds is 5. The second kappa shape index (κ2) is 5.31. The fourth-order valence-electron chi connectivity index (χ4n) is 3.80. The van der Waals surface area contributed by atoms with E-state index < -0.39 is 9.85 Å². The van der Waals surface area contributed by atoms with Crippen molar-refractivity contribution in [1.29, 1.82) is 0 Å². The van der Waals surface area contributed by atoms with Crippen LogP contribution >= 0.6 is 0 Å². The molecule has 3 rings (SSSR count). The minimum Gasteiger partial charge on any atom is -0.379 e. The predicted octanol–water partition coefficient (Wildman–Crippen LogP) is 3.35. The molecule has 3 unspecified atom stereocenters. The van der Waals surface area contributed by atoms with E-state index in [2.05, 4.69) is 5.32 Å². The van der Waals surface area contributed by atoms with Crippen molar-refractivity contribution in [2.45, 2.75) is 25.7 Å². The van der Waals surface area contributed by atoms with E-state index in [1.807, 2.05) is 0 Å². The molecule has 7 heteroatoms. The maximum Gasteiger partial charge on any atom is 0.299 e. The summed E-state index contributed by atoms with van der Waals surface area (Å²) in [7, 11) is 0. The molecular weight excluding hydrogens is 274 g/mol. The van der Waals surface area contributed by atoms with Gasteiger partial charge in [-0.25, -0.2) is 0 Å². The molecule has 3 atom stereocenters. The number of fused-ring (bicyclic) bond motifs is 2. The zero-order valence-electron chi connectivity index (χ0n) is 11.5. The van der Waals surface area contributed by atoms with Gasteiger partial charge in [-0.05, 0) is 43.1 Å². The number of anilines is 1. The molecule has 1 N–H and O–H groups in total. The lowest BCUT2D eigenvalue weighted by atomic mass is 9.89. The molecule has 7 nitrogen and oxygen atoms in total. The standard InChI is InChI=1S/C14H17N3O4/c18-16(19)12-3-4-13(14(7-12)17(20)21)15-8-11-6-9-1-2-10(11)5-9/h3-4,7,9-11,15H,1-2,5-6,8H2. The van der Waals surface area contributed by atoms with Gasteiger partial charge in [-0.2, -0.15) is 0 Å². The highest BCUT2D eigenvalue weighted by Gasteiger charge is 2.39. The zero-order chi connectivity index (χ0) is 15.0. The molecule has 0 radical (unpaired) electrons. The molecule has 0 amide bonds. The monoisotopic (exact) mass is 291 g/mol. The van der Waals surface area contributed by atoms with Crippen LogP contribution in [0.3, 0.4) is 0 Å². The van der Waals surface area contributed by atoms with Crippen molar-refractivity contribution in [3.63, 3.8) is 0 Å². The van der Waals surface area contributed by atoms with Crippen LogP contribution in [0.25, 0.3) is 0 Å². The maximum atomic E-state index is 11.1. The molecule has 0 aromatic heterocycles. The highest BCUT2D eigenvalue weighted by molar-refractivity contribution is 5.65. The Labute approximate surface area is 121 Å². The number of nitro groups is 2.